The molecule has 0 radical (unpaired) electrons. The predicted molar refractivity (Wildman–Crippen MR) is 117 cm³/mol. The van der Waals surface area contributed by atoms with E-state index in [1.165, 1.54) is 16.7 Å². The van der Waals surface area contributed by atoms with Crippen LogP contribution >= 0.6 is 12.4 Å². The van der Waals surface area contributed by atoms with Gasteiger partial charge in [-0.25, -0.2) is 0 Å². The van der Waals surface area contributed by atoms with Gasteiger partial charge in [-0.3, -0.25) is 4.79 Å². The highest BCUT2D eigenvalue weighted by Crippen LogP contribution is 2.58. The number of nitrogens with one attached hydrogen (secondary N) is 2. The molecule has 2 aromatic carbocycles. The van der Waals surface area contributed by atoms with E-state index in [2.05, 4.69) is 53.1 Å². The van der Waals surface area contributed by atoms with Gasteiger partial charge in [0, 0.05) is 12.5 Å². The number of aryl methyl sites for hydroxylation is 1. The van der Waals surface area contributed by atoms with Crippen LogP contribution in [0.25, 0.3) is 11.1 Å². The van der Waals surface area contributed by atoms with Gasteiger partial charge < -0.3 is 15.4 Å². The fourth-order valence-electron chi connectivity index (χ4n) is 4.86. The minimum atomic E-state index is 0. The van der Waals surface area contributed by atoms with Gasteiger partial charge in [0.15, 0.2) is 0 Å². The van der Waals surface area contributed by atoms with Gasteiger partial charge in [0.1, 0.15) is 5.75 Å². The Bertz CT molecular complexity index is 875. The average molecular weight is 413 g/mol. The van der Waals surface area contributed by atoms with Crippen LogP contribution in [0.2, 0.25) is 0 Å². The fourth-order valence-corrected chi connectivity index (χ4v) is 4.86. The second-order valence-electron chi connectivity index (χ2n) is 8.56. The SMILES string of the molecule is Cl.O=C(NCc1ccc(-c2ccc3c(c2)CCCO3)cc1)C1CC12CCNCC2. The molecule has 1 saturated heterocycles. The van der Waals surface area contributed by atoms with Crippen molar-refractivity contribution in [2.24, 2.45) is 11.3 Å². The summed E-state index contributed by atoms with van der Waals surface area (Å²) in [7, 11) is 0. The molecule has 4 nitrogen and oxygen atoms in total. The highest BCUT2D eigenvalue weighted by Gasteiger charge is 2.57. The third kappa shape index (κ3) is 4.15. The van der Waals surface area contributed by atoms with Gasteiger partial charge in [0.2, 0.25) is 5.91 Å². The number of halogens is 1. The molecule has 1 unspecified atom stereocenters. The third-order valence-corrected chi connectivity index (χ3v) is 6.77. The summed E-state index contributed by atoms with van der Waals surface area (Å²) in [4.78, 5) is 12.5. The number of hydrogen-bond acceptors (Lipinski definition) is 3. The molecule has 0 bridgehead atoms. The van der Waals surface area contributed by atoms with E-state index >= 15 is 0 Å². The molecule has 1 aliphatic carbocycles. The van der Waals surface area contributed by atoms with Crippen molar-refractivity contribution in [2.75, 3.05) is 19.7 Å². The monoisotopic (exact) mass is 412 g/mol. The smallest absolute Gasteiger partial charge is 0.223 e. The van der Waals surface area contributed by atoms with Crippen LogP contribution in [0, 0.1) is 11.3 Å². The van der Waals surface area contributed by atoms with E-state index in [-0.39, 0.29) is 24.2 Å². The van der Waals surface area contributed by atoms with Crippen molar-refractivity contribution in [3.63, 3.8) is 0 Å². The number of ether oxygens (including phenoxy) is 1. The summed E-state index contributed by atoms with van der Waals surface area (Å²) >= 11 is 0. The Morgan fingerprint density at radius 3 is 2.66 bits per heavy atom. The summed E-state index contributed by atoms with van der Waals surface area (Å²) in [6, 6.07) is 15.0. The van der Waals surface area contributed by atoms with Crippen LogP contribution in [0.3, 0.4) is 0 Å². The number of hydrogen-bond donors (Lipinski definition) is 2. The molecule has 5 rings (SSSR count). The molecule has 1 spiro atoms. The number of amides is 1. The minimum Gasteiger partial charge on any atom is -0.493 e. The van der Waals surface area contributed by atoms with Crippen LogP contribution in [0.5, 0.6) is 5.75 Å². The number of piperidine rings is 1. The Balaban J connectivity index is 0.00000205. The molecule has 2 aromatic rings. The molecule has 2 heterocycles. The third-order valence-electron chi connectivity index (χ3n) is 6.77. The summed E-state index contributed by atoms with van der Waals surface area (Å²) in [6.07, 6.45) is 5.54. The van der Waals surface area contributed by atoms with E-state index in [0.29, 0.717) is 12.0 Å². The molecule has 2 N–H and O–H groups in total. The minimum absolute atomic E-state index is 0. The Morgan fingerprint density at radius 2 is 1.86 bits per heavy atom. The molecule has 1 amide bonds. The number of rotatable bonds is 4. The van der Waals surface area contributed by atoms with Crippen molar-refractivity contribution in [1.82, 2.24) is 10.6 Å². The lowest BCUT2D eigenvalue weighted by atomic mass is 9.92. The fraction of sp³-hybridized carbons (Fsp3) is 0.458. The first kappa shape index (κ1) is 20.2. The zero-order valence-corrected chi connectivity index (χ0v) is 17.5. The first-order valence-corrected chi connectivity index (χ1v) is 10.6. The molecule has 3 aliphatic rings. The Labute approximate surface area is 178 Å². The first-order chi connectivity index (χ1) is 13.7. The van der Waals surface area contributed by atoms with Gasteiger partial charge in [-0.1, -0.05) is 30.3 Å². The zero-order chi connectivity index (χ0) is 19.0. The van der Waals surface area contributed by atoms with Gasteiger partial charge >= 0.3 is 0 Å². The first-order valence-electron chi connectivity index (χ1n) is 10.6. The maximum atomic E-state index is 12.5. The molecule has 154 valence electrons. The lowest BCUT2D eigenvalue weighted by Crippen LogP contribution is -2.33. The maximum absolute atomic E-state index is 12.5. The molecule has 2 fully saturated rings. The van der Waals surface area contributed by atoms with E-state index in [9.17, 15) is 4.79 Å². The highest BCUT2D eigenvalue weighted by atomic mass is 35.5. The second-order valence-corrected chi connectivity index (χ2v) is 8.56. The summed E-state index contributed by atoms with van der Waals surface area (Å²) in [5, 5.41) is 6.55. The zero-order valence-electron chi connectivity index (χ0n) is 16.7. The van der Waals surface area contributed by atoms with Crippen molar-refractivity contribution in [2.45, 2.75) is 38.6 Å². The average Bonchev–Trinajstić information content (AvgIpc) is 3.45. The van der Waals surface area contributed by atoms with Crippen molar-refractivity contribution >= 4 is 18.3 Å². The van der Waals surface area contributed by atoms with Crippen molar-refractivity contribution in [1.29, 1.82) is 0 Å². The molecule has 29 heavy (non-hydrogen) atoms. The summed E-state index contributed by atoms with van der Waals surface area (Å²) in [5.41, 5.74) is 5.19. The van der Waals surface area contributed by atoms with Gasteiger partial charge in [0.25, 0.3) is 0 Å². The predicted octanol–water partition coefficient (Wildman–Crippen LogP) is 4.11. The summed E-state index contributed by atoms with van der Waals surface area (Å²) < 4.78 is 5.71. The van der Waals surface area contributed by atoms with Crippen molar-refractivity contribution < 1.29 is 9.53 Å². The summed E-state index contributed by atoms with van der Waals surface area (Å²) in [5.74, 6) is 1.49. The number of benzene rings is 2. The molecule has 1 atom stereocenters. The topological polar surface area (TPSA) is 50.4 Å². The van der Waals surface area contributed by atoms with Gasteiger partial charge in [-0.15, -0.1) is 12.4 Å². The standard InChI is InChI=1S/C24H28N2O2.ClH/c27-23(21-15-24(21)9-11-25-12-10-24)26-16-17-3-5-18(6-4-17)19-7-8-22-20(14-19)2-1-13-28-22;/h3-8,14,21,25H,1-2,9-13,15-16H2,(H,26,27);1H. The van der Waals surface area contributed by atoms with Crippen LogP contribution < -0.4 is 15.4 Å². The number of carbonyl (C=O) groups excluding carboxylic acids is 1. The van der Waals surface area contributed by atoms with E-state index < -0.39 is 0 Å². The number of carbonyl (C=O) groups is 1. The van der Waals surface area contributed by atoms with Crippen LogP contribution in [0.1, 0.15) is 36.8 Å². The normalized spacial score (nSPS) is 21.4. The molecular weight excluding hydrogens is 384 g/mol. The molecule has 5 heteroatoms. The number of fused-ring (bicyclic) bond motifs is 1. The Morgan fingerprint density at radius 1 is 1.10 bits per heavy atom. The quantitative estimate of drug-likeness (QED) is 0.794. The van der Waals surface area contributed by atoms with E-state index in [1.54, 1.807) is 0 Å². The van der Waals surface area contributed by atoms with Crippen molar-refractivity contribution in [3.05, 3.63) is 53.6 Å². The summed E-state index contributed by atoms with van der Waals surface area (Å²) in [6.45, 7) is 3.55. The van der Waals surface area contributed by atoms with Crippen molar-refractivity contribution in [3.8, 4) is 16.9 Å². The molecule has 1 saturated carbocycles. The Kier molecular flexibility index (Phi) is 5.84. The van der Waals surface area contributed by atoms with Gasteiger partial charge in [-0.2, -0.15) is 0 Å². The van der Waals surface area contributed by atoms with Gasteiger partial charge in [0.05, 0.1) is 6.61 Å². The Hall–Kier alpha value is -2.04. The van der Waals surface area contributed by atoms with E-state index in [1.807, 2.05) is 0 Å². The highest BCUT2D eigenvalue weighted by molar-refractivity contribution is 5.85. The molecule has 2 aliphatic heterocycles. The largest absolute Gasteiger partial charge is 0.493 e. The van der Waals surface area contributed by atoms with Crippen LogP contribution in [-0.2, 0) is 17.8 Å². The lowest BCUT2D eigenvalue weighted by Gasteiger charge is -2.23. The lowest BCUT2D eigenvalue weighted by molar-refractivity contribution is -0.123. The molecular formula is C24H29ClN2O2. The van der Waals surface area contributed by atoms with Gasteiger partial charge in [-0.05, 0) is 85.0 Å². The van der Waals surface area contributed by atoms with Crippen LogP contribution in [-0.4, -0.2) is 25.6 Å². The van der Waals surface area contributed by atoms with E-state index in [0.717, 1.165) is 63.1 Å². The van der Waals surface area contributed by atoms with Crippen LogP contribution in [0.15, 0.2) is 42.5 Å². The maximum Gasteiger partial charge on any atom is 0.223 e. The van der Waals surface area contributed by atoms with Crippen LogP contribution in [0.4, 0.5) is 0 Å². The molecule has 0 aromatic heterocycles. The van der Waals surface area contributed by atoms with E-state index in [4.69, 9.17) is 4.74 Å². The second kappa shape index (κ2) is 8.37.